The fraction of sp³-hybridized carbons (Fsp3) is 0.278. The highest BCUT2D eigenvalue weighted by Crippen LogP contribution is 2.25. The molecule has 0 atom stereocenters. The average Bonchev–Trinajstić information content (AvgIpc) is 2.58. The number of carbonyl (C=O) groups is 1. The van der Waals surface area contributed by atoms with Gasteiger partial charge in [-0.25, -0.2) is 8.42 Å². The molecule has 0 radical (unpaired) electrons. The molecular formula is C18H20Cl2N2O3S2. The summed E-state index contributed by atoms with van der Waals surface area (Å²) in [4.78, 5) is 13.3. The van der Waals surface area contributed by atoms with E-state index in [-0.39, 0.29) is 12.5 Å². The number of amides is 1. The van der Waals surface area contributed by atoms with Crippen LogP contribution in [0.1, 0.15) is 5.56 Å². The maximum Gasteiger partial charge on any atom is 0.240 e. The second kappa shape index (κ2) is 9.68. The normalized spacial score (nSPS) is 11.3. The summed E-state index contributed by atoms with van der Waals surface area (Å²) < 4.78 is 25.4. The zero-order chi connectivity index (χ0) is 20.0. The lowest BCUT2D eigenvalue weighted by Gasteiger charge is -2.23. The van der Waals surface area contributed by atoms with E-state index in [1.54, 1.807) is 49.0 Å². The van der Waals surface area contributed by atoms with Gasteiger partial charge in [0, 0.05) is 27.2 Å². The molecule has 1 amide bonds. The van der Waals surface area contributed by atoms with E-state index >= 15 is 0 Å². The summed E-state index contributed by atoms with van der Waals surface area (Å²) in [6.07, 6.45) is 1.07. The van der Waals surface area contributed by atoms with Crippen molar-refractivity contribution < 1.29 is 13.2 Å². The Hall–Kier alpha value is -1.41. The van der Waals surface area contributed by atoms with Crippen LogP contribution in [0.4, 0.5) is 5.69 Å². The number of rotatable bonds is 8. The number of hydrogen-bond donors (Lipinski definition) is 1. The number of nitrogens with zero attached hydrogens (tertiary/aromatic N) is 1. The summed E-state index contributed by atoms with van der Waals surface area (Å²) in [6.45, 7) is 1.89. The molecule has 27 heavy (non-hydrogen) atoms. The van der Waals surface area contributed by atoms with Crippen LogP contribution >= 0.6 is 35.0 Å². The number of nitrogens with one attached hydrogen (secondary N) is 1. The smallest absolute Gasteiger partial charge is 0.240 e. The Morgan fingerprint density at radius 3 is 2.33 bits per heavy atom. The molecular weight excluding hydrogens is 427 g/mol. The first-order valence-electron chi connectivity index (χ1n) is 8.06. The van der Waals surface area contributed by atoms with Crippen molar-refractivity contribution in [3.63, 3.8) is 0 Å². The summed E-state index contributed by atoms with van der Waals surface area (Å²) in [6, 6.07) is 12.3. The van der Waals surface area contributed by atoms with Crippen molar-refractivity contribution in [1.29, 1.82) is 0 Å². The van der Waals surface area contributed by atoms with E-state index < -0.39 is 10.0 Å². The lowest BCUT2D eigenvalue weighted by atomic mass is 10.2. The molecule has 0 heterocycles. The van der Waals surface area contributed by atoms with Crippen LogP contribution in [0.3, 0.4) is 0 Å². The Bertz CT molecular complexity index is 903. The van der Waals surface area contributed by atoms with Gasteiger partial charge in [0.05, 0.1) is 11.9 Å². The van der Waals surface area contributed by atoms with E-state index in [2.05, 4.69) is 5.32 Å². The lowest BCUT2D eigenvalue weighted by Crippen LogP contribution is -2.41. The van der Waals surface area contributed by atoms with E-state index in [4.69, 9.17) is 23.2 Å². The van der Waals surface area contributed by atoms with Crippen molar-refractivity contribution in [2.24, 2.45) is 0 Å². The zero-order valence-electron chi connectivity index (χ0n) is 14.9. The Labute approximate surface area is 174 Å². The molecule has 0 bridgehead atoms. The topological polar surface area (TPSA) is 66.5 Å². The summed E-state index contributed by atoms with van der Waals surface area (Å²) in [5, 5.41) is 3.93. The van der Waals surface area contributed by atoms with E-state index in [1.807, 2.05) is 12.1 Å². The molecule has 0 aliphatic rings. The van der Waals surface area contributed by atoms with Gasteiger partial charge in [0.25, 0.3) is 0 Å². The SMILES string of the molecule is Cc1cc(Cl)ccc1N(CC(=O)NCCSc1ccc(Cl)cc1)S(C)(=O)=O. The highest BCUT2D eigenvalue weighted by molar-refractivity contribution is 7.99. The Balaban J connectivity index is 1.93. The third-order valence-corrected chi connectivity index (χ3v) is 6.25. The average molecular weight is 447 g/mol. The van der Waals surface area contributed by atoms with Crippen LogP contribution in [-0.2, 0) is 14.8 Å². The van der Waals surface area contributed by atoms with Gasteiger partial charge in [-0.1, -0.05) is 23.2 Å². The molecule has 2 aromatic rings. The first-order valence-corrected chi connectivity index (χ1v) is 11.6. The van der Waals surface area contributed by atoms with Crippen molar-refractivity contribution in [3.8, 4) is 0 Å². The number of hydrogen-bond acceptors (Lipinski definition) is 4. The Morgan fingerprint density at radius 1 is 1.11 bits per heavy atom. The first kappa shape index (κ1) is 21.9. The zero-order valence-corrected chi connectivity index (χ0v) is 18.1. The van der Waals surface area contributed by atoms with Crippen molar-refractivity contribution in [2.45, 2.75) is 11.8 Å². The lowest BCUT2D eigenvalue weighted by molar-refractivity contribution is -0.119. The maximum atomic E-state index is 12.2. The van der Waals surface area contributed by atoms with Gasteiger partial charge in [-0.3, -0.25) is 9.10 Å². The van der Waals surface area contributed by atoms with Gasteiger partial charge in [0.1, 0.15) is 6.54 Å². The van der Waals surface area contributed by atoms with E-state index in [0.717, 1.165) is 15.5 Å². The molecule has 5 nitrogen and oxygen atoms in total. The van der Waals surface area contributed by atoms with Gasteiger partial charge in [-0.05, 0) is 55.0 Å². The molecule has 0 aromatic heterocycles. The van der Waals surface area contributed by atoms with Gasteiger partial charge in [0.2, 0.25) is 15.9 Å². The molecule has 0 fully saturated rings. The summed E-state index contributed by atoms with van der Waals surface area (Å²) in [5.41, 5.74) is 1.12. The minimum Gasteiger partial charge on any atom is -0.354 e. The van der Waals surface area contributed by atoms with Crippen molar-refractivity contribution in [1.82, 2.24) is 5.32 Å². The predicted octanol–water partition coefficient (Wildman–Crippen LogP) is 3.98. The fourth-order valence-corrected chi connectivity index (χ4v) is 4.39. The number of thioether (sulfide) groups is 1. The fourth-order valence-electron chi connectivity index (χ4n) is 2.36. The van der Waals surface area contributed by atoms with Gasteiger partial charge in [-0.15, -0.1) is 11.8 Å². The summed E-state index contributed by atoms with van der Waals surface area (Å²) in [5.74, 6) is 0.290. The highest BCUT2D eigenvalue weighted by atomic mass is 35.5. The van der Waals surface area contributed by atoms with Gasteiger partial charge in [0.15, 0.2) is 0 Å². The van der Waals surface area contributed by atoms with E-state index in [0.29, 0.717) is 33.6 Å². The van der Waals surface area contributed by atoms with Crippen LogP contribution in [-0.4, -0.2) is 39.4 Å². The highest BCUT2D eigenvalue weighted by Gasteiger charge is 2.22. The molecule has 0 unspecified atom stereocenters. The monoisotopic (exact) mass is 446 g/mol. The van der Waals surface area contributed by atoms with Crippen LogP contribution in [0.5, 0.6) is 0 Å². The van der Waals surface area contributed by atoms with Gasteiger partial charge >= 0.3 is 0 Å². The molecule has 2 aromatic carbocycles. The second-order valence-corrected chi connectivity index (χ2v) is 9.80. The maximum absolute atomic E-state index is 12.2. The van der Waals surface area contributed by atoms with Crippen molar-refractivity contribution in [3.05, 3.63) is 58.1 Å². The number of benzene rings is 2. The Kier molecular flexibility index (Phi) is 7.85. The minimum absolute atomic E-state index is 0.285. The summed E-state index contributed by atoms with van der Waals surface area (Å²) >= 11 is 13.3. The molecule has 0 saturated heterocycles. The van der Waals surface area contributed by atoms with Crippen LogP contribution < -0.4 is 9.62 Å². The van der Waals surface area contributed by atoms with Crippen LogP contribution in [0.2, 0.25) is 10.0 Å². The van der Waals surface area contributed by atoms with Gasteiger partial charge in [-0.2, -0.15) is 0 Å². The number of carbonyl (C=O) groups excluding carboxylic acids is 1. The number of halogens is 2. The number of anilines is 1. The molecule has 1 N–H and O–H groups in total. The number of aryl methyl sites for hydroxylation is 1. The predicted molar refractivity (Wildman–Crippen MR) is 114 cm³/mol. The molecule has 0 aliphatic heterocycles. The first-order chi connectivity index (χ1) is 12.7. The van der Waals surface area contributed by atoms with Gasteiger partial charge < -0.3 is 5.32 Å². The minimum atomic E-state index is -3.61. The molecule has 2 rings (SSSR count). The van der Waals surface area contributed by atoms with Crippen molar-refractivity contribution >= 4 is 56.6 Å². The van der Waals surface area contributed by atoms with Crippen LogP contribution in [0, 0.1) is 6.92 Å². The molecule has 9 heteroatoms. The Morgan fingerprint density at radius 2 is 1.74 bits per heavy atom. The van der Waals surface area contributed by atoms with Crippen LogP contribution in [0.15, 0.2) is 47.4 Å². The standard InChI is InChI=1S/C18H20Cl2N2O3S2/c1-13-11-15(20)5-8-17(13)22(27(2,24)25)12-18(23)21-9-10-26-16-6-3-14(19)4-7-16/h3-8,11H,9-10,12H2,1-2H3,(H,21,23). The third-order valence-electron chi connectivity index (χ3n) is 3.62. The second-order valence-electron chi connectivity index (χ2n) is 5.85. The molecule has 146 valence electrons. The number of sulfonamides is 1. The molecule has 0 aliphatic carbocycles. The molecule has 0 spiro atoms. The molecule has 0 saturated carbocycles. The summed E-state index contributed by atoms with van der Waals surface area (Å²) in [7, 11) is -3.61. The van der Waals surface area contributed by atoms with E-state index in [9.17, 15) is 13.2 Å². The van der Waals surface area contributed by atoms with Crippen molar-refractivity contribution in [2.75, 3.05) is 29.4 Å². The van der Waals surface area contributed by atoms with Crippen LogP contribution in [0.25, 0.3) is 0 Å². The third kappa shape index (κ3) is 6.92. The quantitative estimate of drug-likeness (QED) is 0.491. The largest absolute Gasteiger partial charge is 0.354 e. The van der Waals surface area contributed by atoms with E-state index in [1.165, 1.54) is 0 Å².